The van der Waals surface area contributed by atoms with E-state index >= 15 is 0 Å². The summed E-state index contributed by atoms with van der Waals surface area (Å²) in [5.41, 5.74) is -1.65. The van der Waals surface area contributed by atoms with Crippen molar-refractivity contribution in [3.05, 3.63) is 11.6 Å². The Kier molecular flexibility index (Phi) is 5.43. The average Bonchev–Trinajstić information content (AvgIpc) is 3.50. The largest absolute Gasteiger partial charge is 0.481 e. The minimum absolute atomic E-state index is 0.0426. The van der Waals surface area contributed by atoms with Gasteiger partial charge in [0.2, 0.25) is 0 Å². The van der Waals surface area contributed by atoms with Gasteiger partial charge in [-0.3, -0.25) is 4.79 Å². The third-order valence-corrected chi connectivity index (χ3v) is 11.6. The molecule has 4 aliphatic carbocycles. The van der Waals surface area contributed by atoms with Crippen molar-refractivity contribution in [2.45, 2.75) is 85.2 Å². The number of allylic oxidation sites excluding steroid dienone is 1. The van der Waals surface area contributed by atoms with Crippen LogP contribution in [0.3, 0.4) is 0 Å². The third kappa shape index (κ3) is 2.77. The summed E-state index contributed by atoms with van der Waals surface area (Å²) in [5, 5.41) is 11.1. The number of hydrogen-bond donors (Lipinski definition) is 1. The zero-order chi connectivity index (χ0) is 24.9. The lowest BCUT2D eigenvalue weighted by atomic mass is 9.43. The number of carbonyl (C=O) groups is 2. The van der Waals surface area contributed by atoms with Crippen LogP contribution in [-0.4, -0.2) is 49.1 Å². The number of aldehydes is 1. The van der Waals surface area contributed by atoms with Crippen molar-refractivity contribution in [2.24, 2.45) is 57.7 Å². The van der Waals surface area contributed by atoms with Crippen molar-refractivity contribution in [1.29, 1.82) is 0 Å². The van der Waals surface area contributed by atoms with Gasteiger partial charge in [-0.25, -0.2) is 0 Å². The minimum Gasteiger partial charge on any atom is -0.481 e. The number of carboxylic acid groups (broad SMARTS) is 1. The number of carbonyl (C=O) groups excluding carboxylic acids is 1. The molecule has 2 aliphatic heterocycles. The molecule has 5 fully saturated rings. The van der Waals surface area contributed by atoms with Crippen molar-refractivity contribution in [1.82, 2.24) is 0 Å². The number of carboxylic acids is 1. The Hall–Kier alpha value is -1.24. The number of rotatable bonds is 6. The first-order chi connectivity index (χ1) is 16.6. The number of aliphatic carboxylic acids is 1. The van der Waals surface area contributed by atoms with Crippen molar-refractivity contribution in [2.75, 3.05) is 13.2 Å². The molecule has 12 atom stereocenters. The molecule has 0 spiro atoms. The summed E-state index contributed by atoms with van der Waals surface area (Å²) >= 11 is 0. The summed E-state index contributed by atoms with van der Waals surface area (Å²) in [6.07, 6.45) is 7.32. The Morgan fingerprint density at radius 3 is 2.66 bits per heavy atom. The second-order valence-electron chi connectivity index (χ2n) is 13.2. The molecule has 6 aliphatic rings. The van der Waals surface area contributed by atoms with Gasteiger partial charge in [0, 0.05) is 11.8 Å². The maximum atomic E-state index is 13.5. The molecule has 6 rings (SSSR count). The predicted molar refractivity (Wildman–Crippen MR) is 129 cm³/mol. The predicted octanol–water partition coefficient (Wildman–Crippen LogP) is 4.71. The maximum absolute atomic E-state index is 13.5. The molecule has 2 heterocycles. The van der Waals surface area contributed by atoms with E-state index in [1.54, 1.807) is 0 Å². The van der Waals surface area contributed by atoms with Crippen LogP contribution in [0.4, 0.5) is 0 Å². The number of hydrogen-bond acceptors (Lipinski definition) is 5. The van der Waals surface area contributed by atoms with E-state index in [1.807, 2.05) is 0 Å². The highest BCUT2D eigenvalue weighted by Gasteiger charge is 2.84. The highest BCUT2D eigenvalue weighted by Crippen LogP contribution is 2.82. The first kappa shape index (κ1) is 24.1. The molecule has 0 unspecified atom stereocenters. The minimum atomic E-state index is -1.18. The Labute approximate surface area is 209 Å². The van der Waals surface area contributed by atoms with E-state index in [0.717, 1.165) is 44.1 Å². The second kappa shape index (κ2) is 7.88. The molecule has 4 bridgehead atoms. The fourth-order valence-electron chi connectivity index (χ4n) is 10.3. The first-order valence-electron chi connectivity index (χ1n) is 13.9. The summed E-state index contributed by atoms with van der Waals surface area (Å²) in [6, 6.07) is 0. The summed E-state index contributed by atoms with van der Waals surface area (Å²) in [5.74, 6) is 1.22. The van der Waals surface area contributed by atoms with Crippen molar-refractivity contribution in [3.63, 3.8) is 0 Å². The fourth-order valence-corrected chi connectivity index (χ4v) is 10.3. The molecule has 0 aromatic carbocycles. The van der Waals surface area contributed by atoms with Gasteiger partial charge in [-0.2, -0.15) is 0 Å². The van der Waals surface area contributed by atoms with Crippen LogP contribution in [0.1, 0.15) is 66.7 Å². The van der Waals surface area contributed by atoms with E-state index < -0.39 is 22.2 Å². The first-order valence-corrected chi connectivity index (χ1v) is 13.9. The molecule has 194 valence electrons. The molecular weight excluding hydrogens is 444 g/mol. The molecule has 0 amide bonds. The van der Waals surface area contributed by atoms with Crippen LogP contribution in [0.5, 0.6) is 0 Å². The summed E-state index contributed by atoms with van der Waals surface area (Å²) in [7, 11) is 0. The average molecular weight is 487 g/mol. The van der Waals surface area contributed by atoms with Gasteiger partial charge < -0.3 is 24.1 Å². The second-order valence-corrected chi connectivity index (χ2v) is 13.2. The van der Waals surface area contributed by atoms with Gasteiger partial charge >= 0.3 is 5.97 Å². The molecular formula is C29H42O6. The zero-order valence-corrected chi connectivity index (χ0v) is 21.9. The lowest BCUT2D eigenvalue weighted by Crippen LogP contribution is -2.63. The van der Waals surface area contributed by atoms with Crippen molar-refractivity contribution < 1.29 is 28.9 Å². The standard InChI is InChI=1S/C29H42O6/c1-15(2)23-8-19-10-27(13-30)22-7-6-16(3)21(22)11-28(19,29(23,27)26(31)32)14-34-24-9-20-17(4)12-33-25(20)18(5)35-24/h8,13,15-22,24-25H,6-7,9-12,14H2,1-5H3,(H,31,32)/t16-,17+,18-,19+,20-,21-,22-,24-,25-,27+,28+,29+/m1/s1. The Morgan fingerprint density at radius 2 is 1.97 bits per heavy atom. The highest BCUT2D eigenvalue weighted by molar-refractivity contribution is 5.90. The quantitative estimate of drug-likeness (QED) is 0.432. The molecule has 0 aromatic rings. The van der Waals surface area contributed by atoms with Crippen LogP contribution in [0, 0.1) is 57.7 Å². The van der Waals surface area contributed by atoms with E-state index in [-0.39, 0.29) is 36.3 Å². The van der Waals surface area contributed by atoms with Gasteiger partial charge in [0.15, 0.2) is 6.29 Å². The van der Waals surface area contributed by atoms with Gasteiger partial charge in [0.25, 0.3) is 0 Å². The van der Waals surface area contributed by atoms with E-state index in [0.29, 0.717) is 36.7 Å². The molecule has 0 aromatic heterocycles. The zero-order valence-electron chi connectivity index (χ0n) is 21.9. The summed E-state index contributed by atoms with van der Waals surface area (Å²) in [6.45, 7) is 11.9. The molecule has 2 saturated heterocycles. The van der Waals surface area contributed by atoms with Crippen LogP contribution in [-0.2, 0) is 23.8 Å². The molecule has 6 heteroatoms. The van der Waals surface area contributed by atoms with Crippen LogP contribution in [0.25, 0.3) is 0 Å². The summed E-state index contributed by atoms with van der Waals surface area (Å²) < 4.78 is 18.9. The van der Waals surface area contributed by atoms with Crippen LogP contribution in [0.15, 0.2) is 11.6 Å². The third-order valence-electron chi connectivity index (χ3n) is 11.6. The number of fused-ring (bicyclic) bond motifs is 3. The van der Waals surface area contributed by atoms with Gasteiger partial charge in [-0.05, 0) is 67.6 Å². The van der Waals surface area contributed by atoms with Crippen molar-refractivity contribution in [3.8, 4) is 0 Å². The SMILES string of the molecule is CC(C)C1=C[C@H]2C[C@]3(C=O)[C@@H]4CC[C@@H](C)[C@H]4C[C@@]2(CO[C@H]2C[C@H]4[C@H](OC[C@@H]4C)[C@@H](C)O2)[C@]13C(=O)O. The van der Waals surface area contributed by atoms with Gasteiger partial charge in [0.05, 0.1) is 30.8 Å². The fraction of sp³-hybridized carbons (Fsp3) is 0.862. The monoisotopic (exact) mass is 486 g/mol. The van der Waals surface area contributed by atoms with Crippen LogP contribution >= 0.6 is 0 Å². The number of ether oxygens (including phenoxy) is 3. The molecule has 3 saturated carbocycles. The van der Waals surface area contributed by atoms with Crippen LogP contribution < -0.4 is 0 Å². The molecule has 1 N–H and O–H groups in total. The Morgan fingerprint density at radius 1 is 1.20 bits per heavy atom. The van der Waals surface area contributed by atoms with E-state index in [2.05, 4.69) is 40.7 Å². The highest BCUT2D eigenvalue weighted by atomic mass is 16.7. The van der Waals surface area contributed by atoms with Crippen molar-refractivity contribution >= 4 is 12.3 Å². The molecule has 35 heavy (non-hydrogen) atoms. The van der Waals surface area contributed by atoms with Gasteiger partial charge in [-0.1, -0.05) is 45.8 Å². The topological polar surface area (TPSA) is 82.1 Å². The normalized spacial score (nSPS) is 54.0. The van der Waals surface area contributed by atoms with E-state index in [4.69, 9.17) is 14.2 Å². The van der Waals surface area contributed by atoms with E-state index in [1.165, 1.54) is 0 Å². The van der Waals surface area contributed by atoms with Gasteiger partial charge in [-0.15, -0.1) is 0 Å². The van der Waals surface area contributed by atoms with Crippen LogP contribution in [0.2, 0.25) is 0 Å². The lowest BCUT2D eigenvalue weighted by Gasteiger charge is -2.58. The molecule has 0 radical (unpaired) electrons. The maximum Gasteiger partial charge on any atom is 0.315 e. The Bertz CT molecular complexity index is 943. The molecule has 6 nitrogen and oxygen atoms in total. The van der Waals surface area contributed by atoms with Gasteiger partial charge in [0.1, 0.15) is 11.7 Å². The lowest BCUT2D eigenvalue weighted by molar-refractivity contribution is -0.251. The smallest absolute Gasteiger partial charge is 0.315 e. The summed E-state index contributed by atoms with van der Waals surface area (Å²) in [4.78, 5) is 26.7. The van der Waals surface area contributed by atoms with E-state index in [9.17, 15) is 14.7 Å². The Balaban J connectivity index is 1.39.